The van der Waals surface area contributed by atoms with Crippen molar-refractivity contribution in [1.82, 2.24) is 10.2 Å². The van der Waals surface area contributed by atoms with Gasteiger partial charge in [-0.3, -0.25) is 9.89 Å². The van der Waals surface area contributed by atoms with Crippen LogP contribution in [0, 0.1) is 6.92 Å². The zero-order valence-electron chi connectivity index (χ0n) is 7.00. The Morgan fingerprint density at radius 3 is 3.00 bits per heavy atom. The van der Waals surface area contributed by atoms with E-state index in [9.17, 15) is 4.79 Å². The topological polar surface area (TPSA) is 66.0 Å². The van der Waals surface area contributed by atoms with Crippen LogP contribution >= 0.6 is 0 Å². The highest BCUT2D eigenvalue weighted by Gasteiger charge is 2.01. The van der Waals surface area contributed by atoms with E-state index in [0.29, 0.717) is 6.42 Å². The van der Waals surface area contributed by atoms with Gasteiger partial charge in [0.25, 0.3) is 0 Å². The fourth-order valence-electron chi connectivity index (χ4n) is 1.06. The van der Waals surface area contributed by atoms with Gasteiger partial charge in [0, 0.05) is 12.1 Å². The van der Waals surface area contributed by atoms with E-state index >= 15 is 0 Å². The maximum absolute atomic E-state index is 10.2. The summed E-state index contributed by atoms with van der Waals surface area (Å²) in [7, 11) is 0. The molecule has 0 saturated carbocycles. The summed E-state index contributed by atoms with van der Waals surface area (Å²) in [6, 6.07) is 0. The highest BCUT2D eigenvalue weighted by molar-refractivity contribution is 5.66. The molecule has 0 spiro atoms. The summed E-state index contributed by atoms with van der Waals surface area (Å²) in [6.45, 7) is 1.93. The van der Waals surface area contributed by atoms with Crippen LogP contribution < -0.4 is 0 Å². The third-order valence-electron chi connectivity index (χ3n) is 1.77. The molecule has 0 atom stereocenters. The van der Waals surface area contributed by atoms with E-state index in [0.717, 1.165) is 17.7 Å². The predicted octanol–water partition coefficient (Wildman–Crippen LogP) is 1.13. The number of rotatable bonds is 4. The Balaban J connectivity index is 2.33. The van der Waals surface area contributed by atoms with Crippen LogP contribution in [0.15, 0.2) is 6.20 Å². The molecule has 0 saturated heterocycles. The Morgan fingerprint density at radius 1 is 1.75 bits per heavy atom. The minimum atomic E-state index is -0.740. The van der Waals surface area contributed by atoms with Crippen molar-refractivity contribution in [3.8, 4) is 0 Å². The summed E-state index contributed by atoms with van der Waals surface area (Å²) in [5.41, 5.74) is 2.14. The zero-order chi connectivity index (χ0) is 8.97. The van der Waals surface area contributed by atoms with Crippen LogP contribution in [0.25, 0.3) is 0 Å². The van der Waals surface area contributed by atoms with Crippen molar-refractivity contribution in [2.45, 2.75) is 26.2 Å². The molecule has 1 aromatic rings. The number of H-pyrrole nitrogens is 1. The lowest BCUT2D eigenvalue weighted by Gasteiger charge is -1.95. The van der Waals surface area contributed by atoms with Gasteiger partial charge >= 0.3 is 5.97 Å². The minimum absolute atomic E-state index is 0.227. The Labute approximate surface area is 70.6 Å². The smallest absolute Gasteiger partial charge is 0.303 e. The SMILES string of the molecule is Cc1[nH]ncc1CCCC(=O)O. The van der Waals surface area contributed by atoms with Gasteiger partial charge in [-0.25, -0.2) is 0 Å². The van der Waals surface area contributed by atoms with Crippen molar-refractivity contribution < 1.29 is 9.90 Å². The maximum Gasteiger partial charge on any atom is 0.303 e. The summed E-state index contributed by atoms with van der Waals surface area (Å²) < 4.78 is 0. The van der Waals surface area contributed by atoms with Crippen LogP contribution in [0.4, 0.5) is 0 Å². The average molecular weight is 168 g/mol. The standard InChI is InChI=1S/C8H12N2O2/c1-6-7(5-9-10-6)3-2-4-8(11)12/h5H,2-4H2,1H3,(H,9,10)(H,11,12). The first kappa shape index (κ1) is 8.77. The second kappa shape index (κ2) is 3.90. The summed E-state index contributed by atoms with van der Waals surface area (Å²) in [6.07, 6.45) is 3.44. The van der Waals surface area contributed by atoms with Crippen LogP contribution in [0.2, 0.25) is 0 Å². The lowest BCUT2D eigenvalue weighted by Crippen LogP contribution is -1.95. The molecule has 0 aliphatic carbocycles. The third kappa shape index (κ3) is 2.38. The Kier molecular flexibility index (Phi) is 2.85. The van der Waals surface area contributed by atoms with Gasteiger partial charge in [-0.15, -0.1) is 0 Å². The normalized spacial score (nSPS) is 10.1. The molecule has 0 aliphatic heterocycles. The number of aromatic nitrogens is 2. The maximum atomic E-state index is 10.2. The summed E-state index contributed by atoms with van der Waals surface area (Å²) >= 11 is 0. The van der Waals surface area contributed by atoms with E-state index in [4.69, 9.17) is 5.11 Å². The highest BCUT2D eigenvalue weighted by atomic mass is 16.4. The number of aromatic amines is 1. The molecule has 1 rings (SSSR count). The highest BCUT2D eigenvalue weighted by Crippen LogP contribution is 2.06. The Bertz CT molecular complexity index is 268. The van der Waals surface area contributed by atoms with Gasteiger partial charge in [-0.05, 0) is 25.3 Å². The molecule has 0 amide bonds. The number of carbonyl (C=O) groups is 1. The molecule has 0 fully saturated rings. The molecule has 1 heterocycles. The third-order valence-corrected chi connectivity index (χ3v) is 1.77. The number of nitrogens with zero attached hydrogens (tertiary/aromatic N) is 1. The number of hydrogen-bond donors (Lipinski definition) is 2. The molecule has 0 unspecified atom stereocenters. The van der Waals surface area contributed by atoms with Crippen LogP contribution in [-0.4, -0.2) is 21.3 Å². The fourth-order valence-corrected chi connectivity index (χ4v) is 1.06. The van der Waals surface area contributed by atoms with E-state index in [1.165, 1.54) is 0 Å². The van der Waals surface area contributed by atoms with Gasteiger partial charge < -0.3 is 5.11 Å². The van der Waals surface area contributed by atoms with Gasteiger partial charge in [0.1, 0.15) is 0 Å². The van der Waals surface area contributed by atoms with Crippen molar-refractivity contribution in [2.75, 3.05) is 0 Å². The average Bonchev–Trinajstić information content (AvgIpc) is 2.36. The minimum Gasteiger partial charge on any atom is -0.481 e. The van der Waals surface area contributed by atoms with Crippen molar-refractivity contribution in [3.63, 3.8) is 0 Å². The molecule has 66 valence electrons. The van der Waals surface area contributed by atoms with Crippen molar-refractivity contribution in [2.24, 2.45) is 0 Å². The van der Waals surface area contributed by atoms with Crippen LogP contribution in [0.5, 0.6) is 0 Å². The second-order valence-electron chi connectivity index (χ2n) is 2.77. The lowest BCUT2D eigenvalue weighted by molar-refractivity contribution is -0.137. The number of aryl methyl sites for hydroxylation is 2. The molecule has 4 heteroatoms. The first-order valence-electron chi connectivity index (χ1n) is 3.91. The van der Waals surface area contributed by atoms with Gasteiger partial charge in [-0.1, -0.05) is 0 Å². The molecule has 12 heavy (non-hydrogen) atoms. The van der Waals surface area contributed by atoms with Crippen molar-refractivity contribution >= 4 is 5.97 Å². The first-order chi connectivity index (χ1) is 5.70. The van der Waals surface area contributed by atoms with E-state index in [1.54, 1.807) is 6.20 Å². The molecule has 2 N–H and O–H groups in total. The molecule has 0 bridgehead atoms. The summed E-state index contributed by atoms with van der Waals surface area (Å²) in [5, 5.41) is 15.0. The Morgan fingerprint density at radius 2 is 2.50 bits per heavy atom. The zero-order valence-corrected chi connectivity index (χ0v) is 7.00. The van der Waals surface area contributed by atoms with E-state index in [-0.39, 0.29) is 6.42 Å². The van der Waals surface area contributed by atoms with Crippen LogP contribution in [0.1, 0.15) is 24.1 Å². The van der Waals surface area contributed by atoms with Crippen LogP contribution in [-0.2, 0) is 11.2 Å². The predicted molar refractivity (Wildman–Crippen MR) is 43.9 cm³/mol. The van der Waals surface area contributed by atoms with E-state index in [1.807, 2.05) is 6.92 Å². The van der Waals surface area contributed by atoms with Gasteiger partial charge in [0.15, 0.2) is 0 Å². The van der Waals surface area contributed by atoms with Crippen LogP contribution in [0.3, 0.4) is 0 Å². The molecule has 1 aromatic heterocycles. The van der Waals surface area contributed by atoms with Crippen molar-refractivity contribution in [1.29, 1.82) is 0 Å². The van der Waals surface area contributed by atoms with E-state index in [2.05, 4.69) is 10.2 Å². The fraction of sp³-hybridized carbons (Fsp3) is 0.500. The lowest BCUT2D eigenvalue weighted by atomic mass is 10.1. The molecular formula is C8H12N2O2. The monoisotopic (exact) mass is 168 g/mol. The molecule has 0 aromatic carbocycles. The summed E-state index contributed by atoms with van der Waals surface area (Å²) in [4.78, 5) is 10.2. The van der Waals surface area contributed by atoms with Crippen molar-refractivity contribution in [3.05, 3.63) is 17.5 Å². The number of carboxylic acid groups (broad SMARTS) is 1. The number of aliphatic carboxylic acids is 1. The molecular weight excluding hydrogens is 156 g/mol. The number of nitrogens with one attached hydrogen (secondary N) is 1. The van der Waals surface area contributed by atoms with Gasteiger partial charge in [0.2, 0.25) is 0 Å². The Hall–Kier alpha value is -1.32. The first-order valence-corrected chi connectivity index (χ1v) is 3.91. The largest absolute Gasteiger partial charge is 0.481 e. The quantitative estimate of drug-likeness (QED) is 0.708. The number of carboxylic acids is 1. The second-order valence-corrected chi connectivity index (χ2v) is 2.77. The number of hydrogen-bond acceptors (Lipinski definition) is 2. The molecule has 4 nitrogen and oxygen atoms in total. The molecule has 0 radical (unpaired) electrons. The van der Waals surface area contributed by atoms with Gasteiger partial charge in [-0.2, -0.15) is 5.10 Å². The van der Waals surface area contributed by atoms with Gasteiger partial charge in [0.05, 0.1) is 6.20 Å². The summed E-state index contributed by atoms with van der Waals surface area (Å²) in [5.74, 6) is -0.740. The molecule has 0 aliphatic rings. The van der Waals surface area contributed by atoms with E-state index < -0.39 is 5.97 Å².